The van der Waals surface area contributed by atoms with Gasteiger partial charge in [-0.1, -0.05) is 59.8 Å². The summed E-state index contributed by atoms with van der Waals surface area (Å²) in [6.45, 7) is -0.325. The van der Waals surface area contributed by atoms with Crippen LogP contribution in [-0.2, 0) is 18.9 Å². The molecule has 222 valence electrons. The van der Waals surface area contributed by atoms with Crippen molar-refractivity contribution in [2.45, 2.75) is 29.6 Å². The number of rotatable bonds is 9. The van der Waals surface area contributed by atoms with Gasteiger partial charge in [-0.05, 0) is 42.7 Å². The molecule has 2 aromatic heterocycles. The van der Waals surface area contributed by atoms with Crippen LogP contribution in [0.4, 0.5) is 0 Å². The van der Waals surface area contributed by atoms with Gasteiger partial charge in [-0.3, -0.25) is 0 Å². The molecule has 0 amide bonds. The number of hydrogen-bond donors (Lipinski definition) is 0. The summed E-state index contributed by atoms with van der Waals surface area (Å²) in [6, 6.07) is 25.1. The molecule has 3 heterocycles. The van der Waals surface area contributed by atoms with Crippen LogP contribution in [0.25, 0.3) is 11.2 Å². The van der Waals surface area contributed by atoms with E-state index in [1.54, 1.807) is 91.0 Å². The normalized spacial score (nSPS) is 19.4. The highest BCUT2D eigenvalue weighted by atomic mass is 32.2. The van der Waals surface area contributed by atoms with E-state index in [0.717, 1.165) is 0 Å². The Balaban J connectivity index is 1.38. The number of fused-ring (bicyclic) bond motifs is 1. The molecule has 13 heteroatoms. The molecular weight excluding hydrogens is 586 g/mol. The first kappa shape index (κ1) is 29.0. The second-order valence-corrected chi connectivity index (χ2v) is 10.4. The number of aromatic nitrogens is 5. The Morgan fingerprint density at radius 2 is 1.32 bits per heavy atom. The van der Waals surface area contributed by atoms with Crippen molar-refractivity contribution in [2.75, 3.05) is 12.9 Å². The van der Waals surface area contributed by atoms with E-state index in [-0.39, 0.29) is 17.7 Å². The number of benzene rings is 3. The summed E-state index contributed by atoms with van der Waals surface area (Å²) >= 11 is 1.36. The van der Waals surface area contributed by atoms with Crippen LogP contribution in [0.5, 0.6) is 0 Å². The third-order valence-corrected chi connectivity index (χ3v) is 7.53. The Kier molecular flexibility index (Phi) is 8.57. The number of carbonyl (C=O) groups is 3. The smallest absolute Gasteiger partial charge is 0.338 e. The SMILES string of the molecule is CSc1ncnc2c1nnn2[C@@H]1O[C@@H](COC(=O)c2ccccc2)[C@@H](OC(=O)c2ccccc2)[C@H]1OC(=O)c1ccccc1. The van der Waals surface area contributed by atoms with Gasteiger partial charge in [-0.15, -0.1) is 16.9 Å². The number of carbonyl (C=O) groups excluding carboxylic acids is 3. The molecule has 1 aliphatic rings. The molecule has 0 unspecified atom stereocenters. The molecule has 0 bridgehead atoms. The number of hydrogen-bond acceptors (Lipinski definition) is 12. The van der Waals surface area contributed by atoms with E-state index in [1.165, 1.54) is 22.8 Å². The maximum Gasteiger partial charge on any atom is 0.338 e. The molecule has 3 aromatic carbocycles. The first-order valence-corrected chi connectivity index (χ1v) is 14.8. The highest BCUT2D eigenvalue weighted by molar-refractivity contribution is 7.98. The van der Waals surface area contributed by atoms with Gasteiger partial charge < -0.3 is 18.9 Å². The van der Waals surface area contributed by atoms with E-state index in [4.69, 9.17) is 18.9 Å². The number of nitrogens with zero attached hydrogens (tertiary/aromatic N) is 5. The molecule has 5 aromatic rings. The van der Waals surface area contributed by atoms with Crippen molar-refractivity contribution in [2.24, 2.45) is 0 Å². The first-order valence-electron chi connectivity index (χ1n) is 13.5. The van der Waals surface area contributed by atoms with Crippen LogP contribution in [0.2, 0.25) is 0 Å². The summed E-state index contributed by atoms with van der Waals surface area (Å²) in [5.74, 6) is -1.97. The van der Waals surface area contributed by atoms with E-state index in [1.807, 2.05) is 6.26 Å². The van der Waals surface area contributed by atoms with Gasteiger partial charge in [-0.2, -0.15) is 4.68 Å². The van der Waals surface area contributed by atoms with E-state index < -0.39 is 42.4 Å². The number of ether oxygens (including phenoxy) is 4. The predicted molar refractivity (Wildman–Crippen MR) is 157 cm³/mol. The zero-order chi connectivity index (χ0) is 30.5. The van der Waals surface area contributed by atoms with Gasteiger partial charge in [0, 0.05) is 0 Å². The van der Waals surface area contributed by atoms with Crippen molar-refractivity contribution in [3.8, 4) is 0 Å². The standard InChI is InChI=1S/C31H25N5O7S/c1-44-27-23-26(32-18-33-27)36(35-34-23)28-25(43-31(39)21-15-9-4-10-16-21)24(42-30(38)20-13-7-3-8-14-20)22(41-28)17-40-29(37)19-11-5-2-6-12-19/h2-16,18,22,24-25,28H,17H2,1H3/t22-,24+,25+,28+/m0/s1. The molecule has 6 rings (SSSR count). The molecule has 44 heavy (non-hydrogen) atoms. The van der Waals surface area contributed by atoms with Gasteiger partial charge in [0.15, 0.2) is 29.6 Å². The van der Waals surface area contributed by atoms with E-state index in [9.17, 15) is 14.4 Å². The van der Waals surface area contributed by atoms with Crippen LogP contribution in [0.15, 0.2) is 102 Å². The average molecular weight is 612 g/mol. The zero-order valence-corrected chi connectivity index (χ0v) is 24.1. The summed E-state index contributed by atoms with van der Waals surface area (Å²) in [6.07, 6.45) is -1.48. The van der Waals surface area contributed by atoms with Crippen LogP contribution < -0.4 is 0 Å². The summed E-state index contributed by atoms with van der Waals surface area (Å²) in [5, 5.41) is 9.06. The molecule has 0 aliphatic carbocycles. The Hall–Kier alpha value is -5.14. The topological polar surface area (TPSA) is 145 Å². The van der Waals surface area contributed by atoms with Crippen molar-refractivity contribution in [3.63, 3.8) is 0 Å². The third kappa shape index (κ3) is 6.00. The maximum absolute atomic E-state index is 13.4. The van der Waals surface area contributed by atoms with Crippen LogP contribution >= 0.6 is 11.8 Å². The van der Waals surface area contributed by atoms with Gasteiger partial charge >= 0.3 is 17.9 Å². The molecule has 0 spiro atoms. The first-order chi connectivity index (χ1) is 21.5. The number of thioether (sulfide) groups is 1. The molecule has 4 atom stereocenters. The van der Waals surface area contributed by atoms with E-state index in [0.29, 0.717) is 21.8 Å². The van der Waals surface area contributed by atoms with Crippen LogP contribution in [0.3, 0.4) is 0 Å². The van der Waals surface area contributed by atoms with Gasteiger partial charge in [0.1, 0.15) is 24.1 Å². The van der Waals surface area contributed by atoms with Gasteiger partial charge in [0.05, 0.1) is 16.7 Å². The Labute approximate surface area is 255 Å². The predicted octanol–water partition coefficient (Wildman–Crippen LogP) is 4.15. The highest BCUT2D eigenvalue weighted by Gasteiger charge is 2.52. The molecule has 1 fully saturated rings. The van der Waals surface area contributed by atoms with Gasteiger partial charge in [0.2, 0.25) is 0 Å². The van der Waals surface area contributed by atoms with Crippen molar-refractivity contribution in [1.29, 1.82) is 0 Å². The fourth-order valence-corrected chi connectivity index (χ4v) is 5.20. The quantitative estimate of drug-likeness (QED) is 0.102. The van der Waals surface area contributed by atoms with E-state index >= 15 is 0 Å². The Morgan fingerprint density at radius 1 is 0.773 bits per heavy atom. The van der Waals surface area contributed by atoms with Crippen LogP contribution in [0.1, 0.15) is 37.3 Å². The van der Waals surface area contributed by atoms with Gasteiger partial charge in [-0.25, -0.2) is 24.4 Å². The lowest BCUT2D eigenvalue weighted by Gasteiger charge is -2.24. The molecule has 0 saturated carbocycles. The molecule has 1 saturated heterocycles. The number of esters is 3. The van der Waals surface area contributed by atoms with Crippen LogP contribution in [-0.4, -0.2) is 74.0 Å². The Morgan fingerprint density at radius 3 is 1.89 bits per heavy atom. The third-order valence-electron chi connectivity index (χ3n) is 6.84. The lowest BCUT2D eigenvalue weighted by Crippen LogP contribution is -2.41. The fraction of sp³-hybridized carbons (Fsp3) is 0.194. The molecule has 0 radical (unpaired) electrons. The highest BCUT2D eigenvalue weighted by Crippen LogP contribution is 2.36. The molecule has 1 aliphatic heterocycles. The summed E-state index contributed by atoms with van der Waals surface area (Å²) in [4.78, 5) is 48.1. The zero-order valence-electron chi connectivity index (χ0n) is 23.3. The summed E-state index contributed by atoms with van der Waals surface area (Å²) < 4.78 is 25.2. The summed E-state index contributed by atoms with van der Waals surface area (Å²) in [5.41, 5.74) is 1.59. The lowest BCUT2D eigenvalue weighted by molar-refractivity contribution is -0.0661. The van der Waals surface area contributed by atoms with Crippen molar-refractivity contribution in [1.82, 2.24) is 25.0 Å². The largest absolute Gasteiger partial charge is 0.459 e. The van der Waals surface area contributed by atoms with Gasteiger partial charge in [0.25, 0.3) is 0 Å². The minimum absolute atomic E-state index is 0.271. The summed E-state index contributed by atoms with van der Waals surface area (Å²) in [7, 11) is 0. The molecule has 0 N–H and O–H groups in total. The minimum atomic E-state index is -1.24. The average Bonchev–Trinajstić information content (AvgIpc) is 3.65. The molecule has 12 nitrogen and oxygen atoms in total. The molecular formula is C31H25N5O7S. The fourth-order valence-electron chi connectivity index (χ4n) is 4.72. The monoisotopic (exact) mass is 611 g/mol. The van der Waals surface area contributed by atoms with Crippen molar-refractivity contribution >= 4 is 40.8 Å². The minimum Gasteiger partial charge on any atom is -0.459 e. The maximum atomic E-state index is 13.4. The Bertz CT molecular complexity index is 1770. The second kappa shape index (κ2) is 13.0. The lowest BCUT2D eigenvalue weighted by atomic mass is 10.1. The second-order valence-electron chi connectivity index (χ2n) is 9.59. The van der Waals surface area contributed by atoms with Crippen molar-refractivity contribution < 1.29 is 33.3 Å². The van der Waals surface area contributed by atoms with Crippen LogP contribution in [0, 0.1) is 0 Å². The van der Waals surface area contributed by atoms with Crippen molar-refractivity contribution in [3.05, 3.63) is 114 Å². The van der Waals surface area contributed by atoms with E-state index in [2.05, 4.69) is 20.3 Å².